The van der Waals surface area contributed by atoms with Gasteiger partial charge in [-0.3, -0.25) is 9.59 Å². The summed E-state index contributed by atoms with van der Waals surface area (Å²) >= 11 is 0. The molecule has 2 atom stereocenters. The molecule has 0 aromatic heterocycles. The molecule has 4 rings (SSSR count). The molecule has 2 aromatic carbocycles. The number of fused-ring (bicyclic) bond motifs is 1. The largest absolute Gasteiger partial charge is 0.479 e. The highest BCUT2D eigenvalue weighted by molar-refractivity contribution is 7.89. The van der Waals surface area contributed by atoms with Crippen LogP contribution in [0, 0.1) is 13.8 Å². The van der Waals surface area contributed by atoms with Crippen molar-refractivity contribution in [1.82, 2.24) is 4.31 Å². The number of nitrogens with one attached hydrogen (secondary N) is 2. The maximum atomic E-state index is 13.3. The fraction of sp³-hybridized carbons (Fsp3) is 0.364. The molecule has 164 valence electrons. The van der Waals surface area contributed by atoms with Crippen molar-refractivity contribution in [2.24, 2.45) is 0 Å². The van der Waals surface area contributed by atoms with E-state index in [9.17, 15) is 18.0 Å². The summed E-state index contributed by atoms with van der Waals surface area (Å²) in [5.41, 5.74) is 2.90. The standard InChI is InChI=1S/C22H25N3O5S/c1-13-6-7-14(2)17(11-13)23-22(27)19-5-4-10-25(19)31(28,29)16-8-9-20-18(12-16)24-21(26)15(3)30-20/h6-9,11-12,15,19H,4-5,10H2,1-3H3,(H,23,27)(H,24,26)/t15-,19+/m1/s1. The highest BCUT2D eigenvalue weighted by Gasteiger charge is 2.40. The van der Waals surface area contributed by atoms with Gasteiger partial charge in [0.1, 0.15) is 11.8 Å². The zero-order chi connectivity index (χ0) is 22.3. The molecule has 9 heteroatoms. The van der Waals surface area contributed by atoms with Gasteiger partial charge in [0.15, 0.2) is 6.10 Å². The van der Waals surface area contributed by atoms with Crippen molar-refractivity contribution in [3.8, 4) is 5.75 Å². The second-order valence-electron chi connectivity index (χ2n) is 7.99. The molecule has 2 aliphatic rings. The summed E-state index contributed by atoms with van der Waals surface area (Å²) in [7, 11) is -3.94. The lowest BCUT2D eigenvalue weighted by atomic mass is 10.1. The molecule has 8 nitrogen and oxygen atoms in total. The predicted molar refractivity (Wildman–Crippen MR) is 117 cm³/mol. The molecule has 2 aliphatic heterocycles. The van der Waals surface area contributed by atoms with Gasteiger partial charge in [-0.1, -0.05) is 12.1 Å². The van der Waals surface area contributed by atoms with E-state index in [1.807, 2.05) is 32.0 Å². The van der Waals surface area contributed by atoms with E-state index in [2.05, 4.69) is 10.6 Å². The molecule has 0 saturated carbocycles. The van der Waals surface area contributed by atoms with Gasteiger partial charge in [-0.15, -0.1) is 0 Å². The summed E-state index contributed by atoms with van der Waals surface area (Å²) < 4.78 is 33.4. The van der Waals surface area contributed by atoms with Crippen molar-refractivity contribution in [2.75, 3.05) is 17.2 Å². The lowest BCUT2D eigenvalue weighted by molar-refractivity contribution is -0.122. The van der Waals surface area contributed by atoms with Gasteiger partial charge in [-0.25, -0.2) is 8.42 Å². The summed E-state index contributed by atoms with van der Waals surface area (Å²) in [5.74, 6) is -0.274. The quantitative estimate of drug-likeness (QED) is 0.756. The number of hydrogen-bond acceptors (Lipinski definition) is 5. The fourth-order valence-electron chi connectivity index (χ4n) is 3.86. The first-order valence-electron chi connectivity index (χ1n) is 10.2. The zero-order valence-corrected chi connectivity index (χ0v) is 18.5. The molecule has 1 saturated heterocycles. The summed E-state index contributed by atoms with van der Waals surface area (Å²) in [6.07, 6.45) is 0.386. The van der Waals surface area contributed by atoms with Gasteiger partial charge in [0.2, 0.25) is 15.9 Å². The van der Waals surface area contributed by atoms with Crippen molar-refractivity contribution in [3.05, 3.63) is 47.5 Å². The topological polar surface area (TPSA) is 105 Å². The summed E-state index contributed by atoms with van der Waals surface area (Å²) in [4.78, 5) is 24.9. The van der Waals surface area contributed by atoms with Crippen LogP contribution in [0.4, 0.5) is 11.4 Å². The molecule has 0 unspecified atom stereocenters. The van der Waals surface area contributed by atoms with E-state index in [4.69, 9.17) is 4.74 Å². The molecule has 1 fully saturated rings. The van der Waals surface area contributed by atoms with Crippen molar-refractivity contribution >= 4 is 33.2 Å². The monoisotopic (exact) mass is 443 g/mol. The smallest absolute Gasteiger partial charge is 0.265 e. The van der Waals surface area contributed by atoms with Gasteiger partial charge >= 0.3 is 0 Å². The SMILES string of the molecule is Cc1ccc(C)c(NC(=O)[C@@H]2CCCN2S(=O)(=O)c2ccc3c(c2)NC(=O)[C@@H](C)O3)c1. The molecule has 0 radical (unpaired) electrons. The maximum Gasteiger partial charge on any atom is 0.265 e. The van der Waals surface area contributed by atoms with Crippen LogP contribution in [0.15, 0.2) is 41.3 Å². The summed E-state index contributed by atoms with van der Waals surface area (Å²) in [6.45, 7) is 5.69. The Balaban J connectivity index is 1.59. The third-order valence-electron chi connectivity index (χ3n) is 5.65. The minimum atomic E-state index is -3.94. The van der Waals surface area contributed by atoms with Crippen LogP contribution in [0.5, 0.6) is 5.75 Å². The van der Waals surface area contributed by atoms with Gasteiger partial charge in [0.05, 0.1) is 10.6 Å². The number of carbonyl (C=O) groups is 2. The second-order valence-corrected chi connectivity index (χ2v) is 9.88. The first-order valence-corrected chi connectivity index (χ1v) is 11.6. The Bertz CT molecular complexity index is 1160. The molecular formula is C22H25N3O5S. The average molecular weight is 444 g/mol. The first kappa shape index (κ1) is 21.3. The van der Waals surface area contributed by atoms with E-state index in [0.717, 1.165) is 11.1 Å². The number of sulfonamides is 1. The number of nitrogens with zero attached hydrogens (tertiary/aromatic N) is 1. The minimum Gasteiger partial charge on any atom is -0.479 e. The number of amides is 2. The van der Waals surface area contributed by atoms with E-state index in [-0.39, 0.29) is 23.3 Å². The van der Waals surface area contributed by atoms with Gasteiger partial charge in [-0.2, -0.15) is 4.31 Å². The number of rotatable bonds is 4. The molecule has 31 heavy (non-hydrogen) atoms. The molecule has 2 heterocycles. The predicted octanol–water partition coefficient (Wildman–Crippen LogP) is 2.81. The Morgan fingerprint density at radius 2 is 1.97 bits per heavy atom. The van der Waals surface area contributed by atoms with Crippen LogP contribution in [-0.4, -0.2) is 43.2 Å². The van der Waals surface area contributed by atoms with Crippen LogP contribution >= 0.6 is 0 Å². The summed E-state index contributed by atoms with van der Waals surface area (Å²) in [6, 6.07) is 9.29. The van der Waals surface area contributed by atoms with Crippen molar-refractivity contribution in [1.29, 1.82) is 0 Å². The fourth-order valence-corrected chi connectivity index (χ4v) is 5.54. The van der Waals surface area contributed by atoms with Gasteiger partial charge in [-0.05, 0) is 69.0 Å². The van der Waals surface area contributed by atoms with Gasteiger partial charge in [0, 0.05) is 12.2 Å². The van der Waals surface area contributed by atoms with E-state index in [0.29, 0.717) is 30.0 Å². The highest BCUT2D eigenvalue weighted by Crippen LogP contribution is 2.34. The van der Waals surface area contributed by atoms with Crippen LogP contribution in [0.3, 0.4) is 0 Å². The molecule has 0 spiro atoms. The van der Waals surface area contributed by atoms with Crippen molar-refractivity contribution in [3.63, 3.8) is 0 Å². The van der Waals surface area contributed by atoms with E-state index in [1.54, 1.807) is 6.92 Å². The Morgan fingerprint density at radius 3 is 2.74 bits per heavy atom. The summed E-state index contributed by atoms with van der Waals surface area (Å²) in [5, 5.41) is 5.55. The van der Waals surface area contributed by atoms with Crippen LogP contribution in [0.25, 0.3) is 0 Å². The number of ether oxygens (including phenoxy) is 1. The molecular weight excluding hydrogens is 418 g/mol. The Labute approximate surface area is 181 Å². The van der Waals surface area contributed by atoms with E-state index in [1.165, 1.54) is 22.5 Å². The molecule has 2 aromatic rings. The second kappa shape index (κ2) is 7.97. The van der Waals surface area contributed by atoms with Gasteiger partial charge in [0.25, 0.3) is 5.91 Å². The van der Waals surface area contributed by atoms with Crippen molar-refractivity contribution < 1.29 is 22.7 Å². The van der Waals surface area contributed by atoms with E-state index < -0.39 is 22.2 Å². The number of hydrogen-bond donors (Lipinski definition) is 2. The van der Waals surface area contributed by atoms with Crippen LogP contribution in [0.2, 0.25) is 0 Å². The Kier molecular flexibility index (Phi) is 5.49. The number of anilines is 2. The first-order chi connectivity index (χ1) is 14.7. The lowest BCUT2D eigenvalue weighted by Crippen LogP contribution is -2.43. The molecule has 2 N–H and O–H groups in total. The number of carbonyl (C=O) groups excluding carboxylic acids is 2. The Morgan fingerprint density at radius 1 is 1.19 bits per heavy atom. The highest BCUT2D eigenvalue weighted by atomic mass is 32.2. The number of benzene rings is 2. The van der Waals surface area contributed by atoms with Crippen LogP contribution in [0.1, 0.15) is 30.9 Å². The number of aryl methyl sites for hydroxylation is 2. The molecule has 0 bridgehead atoms. The maximum absolute atomic E-state index is 13.3. The Hall–Kier alpha value is -2.91. The van der Waals surface area contributed by atoms with Crippen molar-refractivity contribution in [2.45, 2.75) is 50.7 Å². The third kappa shape index (κ3) is 4.03. The third-order valence-corrected chi connectivity index (χ3v) is 7.55. The minimum absolute atomic E-state index is 0.0103. The lowest BCUT2D eigenvalue weighted by Gasteiger charge is -2.26. The average Bonchev–Trinajstić information content (AvgIpc) is 3.22. The van der Waals surface area contributed by atoms with Gasteiger partial charge < -0.3 is 15.4 Å². The van der Waals surface area contributed by atoms with Crippen LogP contribution in [-0.2, 0) is 19.6 Å². The van der Waals surface area contributed by atoms with Crippen LogP contribution < -0.4 is 15.4 Å². The molecule has 2 amide bonds. The normalized spacial score (nSPS) is 21.2. The van der Waals surface area contributed by atoms with E-state index >= 15 is 0 Å². The zero-order valence-electron chi connectivity index (χ0n) is 17.6. The molecule has 0 aliphatic carbocycles.